The Balaban J connectivity index is 1.57. The summed E-state index contributed by atoms with van der Waals surface area (Å²) in [6, 6.07) is 11.8. The van der Waals surface area contributed by atoms with Crippen LogP contribution in [0, 0.1) is 0 Å². The topological polar surface area (TPSA) is 132 Å². The first-order valence-electron chi connectivity index (χ1n) is 15.5. The summed E-state index contributed by atoms with van der Waals surface area (Å²) in [5.74, 6) is -1.18. The number of hydrogen-bond acceptors (Lipinski definition) is 9. The molecule has 0 saturated carbocycles. The van der Waals surface area contributed by atoms with Gasteiger partial charge in [-0.25, -0.2) is 23.8 Å². The molecule has 1 aromatic carbocycles. The van der Waals surface area contributed by atoms with Crippen LogP contribution in [0.1, 0.15) is 76.7 Å². The van der Waals surface area contributed by atoms with Gasteiger partial charge in [-0.05, 0) is 69.7 Å². The summed E-state index contributed by atoms with van der Waals surface area (Å²) < 4.78 is 32.3. The van der Waals surface area contributed by atoms with Crippen molar-refractivity contribution in [2.75, 3.05) is 32.0 Å². The fourth-order valence-electron chi connectivity index (χ4n) is 5.53. The van der Waals surface area contributed by atoms with E-state index in [-0.39, 0.29) is 50.6 Å². The van der Waals surface area contributed by atoms with Crippen molar-refractivity contribution >= 4 is 39.4 Å². The van der Waals surface area contributed by atoms with Crippen LogP contribution < -0.4 is 5.48 Å². The van der Waals surface area contributed by atoms with Crippen LogP contribution in [0.15, 0.2) is 36.4 Å². The van der Waals surface area contributed by atoms with Gasteiger partial charge in [-0.1, -0.05) is 31.2 Å². The highest BCUT2D eigenvalue weighted by Gasteiger charge is 2.50. The summed E-state index contributed by atoms with van der Waals surface area (Å²) in [5, 5.41) is 1.08. The standard InChI is InChI=1S/C32H45N3O8S2/c1-5-24-9-11-25(12-10-24)26-13-14-27(44-26)32(22-28(37)33-42-30-8-6-7-20-41-30)16-18-34(19-21-45(32,39)40)29(38)15-17-35(23-36)43-31(2,3)4/h9-14,23,30H,5-8,15-22H2,1-4H3,(H,33,37)/t30?,32-/m0/s1. The molecule has 4 rings (SSSR count). The lowest BCUT2D eigenvalue weighted by Gasteiger charge is -2.31. The van der Waals surface area contributed by atoms with Crippen molar-refractivity contribution in [3.63, 3.8) is 0 Å². The van der Waals surface area contributed by atoms with Crippen LogP contribution in [0.2, 0.25) is 0 Å². The van der Waals surface area contributed by atoms with Gasteiger partial charge in [-0.15, -0.1) is 11.3 Å². The number of carbonyl (C=O) groups excluding carboxylic acids is 3. The molecule has 1 unspecified atom stereocenters. The van der Waals surface area contributed by atoms with Crippen molar-refractivity contribution in [2.45, 2.75) is 89.3 Å². The zero-order chi connectivity index (χ0) is 32.7. The molecule has 3 amide bonds. The summed E-state index contributed by atoms with van der Waals surface area (Å²) >= 11 is 1.35. The maximum Gasteiger partial charge on any atom is 0.245 e. The quantitative estimate of drug-likeness (QED) is 0.262. The molecule has 13 heteroatoms. The third-order valence-corrected chi connectivity index (χ3v) is 12.0. The third kappa shape index (κ3) is 9.13. The van der Waals surface area contributed by atoms with E-state index in [2.05, 4.69) is 12.4 Å². The normalized spacial score (nSPS) is 22.0. The summed E-state index contributed by atoms with van der Waals surface area (Å²) in [4.78, 5) is 52.1. The summed E-state index contributed by atoms with van der Waals surface area (Å²) in [7, 11) is -3.94. The molecule has 2 aromatic rings. The van der Waals surface area contributed by atoms with Crippen molar-refractivity contribution < 1.29 is 37.2 Å². The number of amides is 3. The largest absolute Gasteiger partial charge is 0.350 e. The molecule has 2 atom stereocenters. The fraction of sp³-hybridized carbons (Fsp3) is 0.594. The highest BCUT2D eigenvalue weighted by molar-refractivity contribution is 7.92. The molecule has 45 heavy (non-hydrogen) atoms. The Morgan fingerprint density at radius 1 is 1.16 bits per heavy atom. The van der Waals surface area contributed by atoms with Crippen molar-refractivity contribution in [2.24, 2.45) is 0 Å². The molecule has 0 radical (unpaired) electrons. The number of hydroxylamine groups is 3. The van der Waals surface area contributed by atoms with E-state index in [4.69, 9.17) is 14.4 Å². The minimum absolute atomic E-state index is 0.0190. The maximum absolute atomic E-state index is 14.2. The first-order valence-corrected chi connectivity index (χ1v) is 18.0. The highest BCUT2D eigenvalue weighted by Crippen LogP contribution is 2.45. The zero-order valence-electron chi connectivity index (χ0n) is 26.6. The summed E-state index contributed by atoms with van der Waals surface area (Å²) in [5.41, 5.74) is 3.97. The first-order chi connectivity index (χ1) is 21.4. The van der Waals surface area contributed by atoms with Gasteiger partial charge in [0.25, 0.3) is 0 Å². The summed E-state index contributed by atoms with van der Waals surface area (Å²) in [6.45, 7) is 8.14. The molecular weight excluding hydrogens is 618 g/mol. The van der Waals surface area contributed by atoms with E-state index in [0.717, 1.165) is 34.8 Å². The van der Waals surface area contributed by atoms with Gasteiger partial charge in [-0.3, -0.25) is 19.2 Å². The fourth-order valence-corrected chi connectivity index (χ4v) is 9.14. The Morgan fingerprint density at radius 2 is 1.91 bits per heavy atom. The van der Waals surface area contributed by atoms with E-state index in [1.165, 1.54) is 21.8 Å². The Kier molecular flexibility index (Phi) is 11.8. The predicted molar refractivity (Wildman–Crippen MR) is 171 cm³/mol. The van der Waals surface area contributed by atoms with Gasteiger partial charge < -0.3 is 9.64 Å². The second kappa shape index (κ2) is 15.2. The van der Waals surface area contributed by atoms with E-state index in [1.807, 2.05) is 30.3 Å². The lowest BCUT2D eigenvalue weighted by atomic mass is 9.97. The van der Waals surface area contributed by atoms with Crippen LogP contribution in [0.5, 0.6) is 0 Å². The molecule has 0 bridgehead atoms. The molecule has 2 saturated heterocycles. The Hall–Kier alpha value is -2.84. The number of ether oxygens (including phenoxy) is 1. The minimum atomic E-state index is -3.94. The van der Waals surface area contributed by atoms with Gasteiger partial charge in [0.2, 0.25) is 18.2 Å². The molecule has 11 nitrogen and oxygen atoms in total. The van der Waals surface area contributed by atoms with Crippen LogP contribution in [-0.2, 0) is 49.8 Å². The number of sulfone groups is 1. The molecule has 248 valence electrons. The zero-order valence-corrected chi connectivity index (χ0v) is 28.2. The van der Waals surface area contributed by atoms with E-state index in [0.29, 0.717) is 24.3 Å². The van der Waals surface area contributed by atoms with Crippen LogP contribution >= 0.6 is 11.3 Å². The Morgan fingerprint density at radius 3 is 2.56 bits per heavy atom. The van der Waals surface area contributed by atoms with Crippen molar-refractivity contribution in [3.05, 3.63) is 46.8 Å². The number of thiophene rings is 1. The van der Waals surface area contributed by atoms with Gasteiger partial charge in [0.05, 0.1) is 24.3 Å². The van der Waals surface area contributed by atoms with E-state index < -0.39 is 32.4 Å². The Bertz CT molecular complexity index is 1410. The van der Waals surface area contributed by atoms with Gasteiger partial charge in [0.15, 0.2) is 16.1 Å². The average molecular weight is 664 g/mol. The monoisotopic (exact) mass is 663 g/mol. The lowest BCUT2D eigenvalue weighted by Crippen LogP contribution is -2.43. The molecule has 2 aliphatic heterocycles. The Labute approximate surface area is 270 Å². The van der Waals surface area contributed by atoms with Gasteiger partial charge in [-0.2, -0.15) is 0 Å². The predicted octanol–water partition coefficient (Wildman–Crippen LogP) is 4.36. The maximum atomic E-state index is 14.2. The molecular formula is C32H45N3O8S2. The van der Waals surface area contributed by atoms with Crippen molar-refractivity contribution in [1.82, 2.24) is 15.4 Å². The highest BCUT2D eigenvalue weighted by atomic mass is 32.2. The average Bonchev–Trinajstić information content (AvgIpc) is 3.47. The number of aryl methyl sites for hydroxylation is 1. The molecule has 0 aliphatic carbocycles. The van der Waals surface area contributed by atoms with Crippen LogP contribution in [-0.4, -0.2) is 80.5 Å². The number of carbonyl (C=O) groups is 3. The molecule has 1 N–H and O–H groups in total. The van der Waals surface area contributed by atoms with E-state index in [1.54, 1.807) is 26.8 Å². The van der Waals surface area contributed by atoms with Gasteiger partial charge in [0, 0.05) is 42.3 Å². The van der Waals surface area contributed by atoms with E-state index in [9.17, 15) is 22.8 Å². The molecule has 2 fully saturated rings. The number of nitrogens with one attached hydrogen (secondary N) is 1. The minimum Gasteiger partial charge on any atom is -0.350 e. The second-order valence-electron chi connectivity index (χ2n) is 12.5. The second-order valence-corrected chi connectivity index (χ2v) is 16.0. The first kappa shape index (κ1) is 35.0. The third-order valence-electron chi connectivity index (χ3n) is 8.01. The molecule has 2 aliphatic rings. The van der Waals surface area contributed by atoms with Crippen LogP contribution in [0.25, 0.3) is 10.4 Å². The lowest BCUT2D eigenvalue weighted by molar-refractivity contribution is -0.216. The van der Waals surface area contributed by atoms with Gasteiger partial charge >= 0.3 is 0 Å². The van der Waals surface area contributed by atoms with Gasteiger partial charge in [0.1, 0.15) is 4.75 Å². The number of hydrogen-bond donors (Lipinski definition) is 1. The summed E-state index contributed by atoms with van der Waals surface area (Å²) in [6.07, 6.45) is 2.95. The van der Waals surface area contributed by atoms with Crippen molar-refractivity contribution in [3.8, 4) is 10.4 Å². The smallest absolute Gasteiger partial charge is 0.245 e. The number of nitrogens with zero attached hydrogens (tertiary/aromatic N) is 2. The molecule has 0 spiro atoms. The van der Waals surface area contributed by atoms with Crippen LogP contribution in [0.3, 0.4) is 0 Å². The molecule has 1 aromatic heterocycles. The molecule has 3 heterocycles. The van der Waals surface area contributed by atoms with Crippen molar-refractivity contribution in [1.29, 1.82) is 0 Å². The number of rotatable bonds is 12. The van der Waals surface area contributed by atoms with E-state index >= 15 is 0 Å². The van der Waals surface area contributed by atoms with Crippen LogP contribution in [0.4, 0.5) is 0 Å². The number of benzene rings is 1. The SMILES string of the molecule is CCc1ccc(-c2ccc([C@@]3(CC(=O)NOC4CCCCO4)CCN(C(=O)CCN(C=O)OC(C)(C)C)CCS3(=O)=O)s2)cc1.